The van der Waals surface area contributed by atoms with E-state index < -0.39 is 0 Å². The molecule has 0 bridgehead atoms. The molecule has 2 fully saturated rings. The molecule has 4 atom stereocenters. The van der Waals surface area contributed by atoms with E-state index in [1.54, 1.807) is 12.1 Å². The topological polar surface area (TPSA) is 105 Å². The number of amides is 2. The third-order valence-corrected chi connectivity index (χ3v) is 11.2. The van der Waals surface area contributed by atoms with Gasteiger partial charge in [-0.3, -0.25) is 19.3 Å². The van der Waals surface area contributed by atoms with Crippen LogP contribution in [0.3, 0.4) is 0 Å². The van der Waals surface area contributed by atoms with Gasteiger partial charge in [-0.25, -0.2) is 0 Å². The quantitative estimate of drug-likeness (QED) is 0.0976. The third-order valence-electron chi connectivity index (χ3n) is 11.2. The lowest BCUT2D eigenvalue weighted by Gasteiger charge is -2.28. The second-order valence-electron chi connectivity index (χ2n) is 17.0. The fraction of sp³-hybridized carbons (Fsp3) is 0.353. The molecule has 304 valence electrons. The zero-order valence-corrected chi connectivity index (χ0v) is 34.7. The summed E-state index contributed by atoms with van der Waals surface area (Å²) < 4.78 is 0. The number of hydrogen-bond acceptors (Lipinski definition) is 5. The molecule has 7 heteroatoms. The van der Waals surface area contributed by atoms with E-state index in [-0.39, 0.29) is 46.6 Å². The Balaban J connectivity index is 0.000000205. The van der Waals surface area contributed by atoms with Gasteiger partial charge in [-0.2, -0.15) is 0 Å². The molecule has 58 heavy (non-hydrogen) atoms. The van der Waals surface area contributed by atoms with Crippen LogP contribution in [0, 0.1) is 11.8 Å². The summed E-state index contributed by atoms with van der Waals surface area (Å²) in [6.45, 7) is 11.8. The number of nitrogens with one attached hydrogen (secondary N) is 2. The van der Waals surface area contributed by atoms with Gasteiger partial charge in [-0.05, 0) is 101 Å². The average molecular weight is 779 g/mol. The molecule has 5 aromatic rings. The Kier molecular flexibility index (Phi) is 16.1. The molecule has 0 saturated carbocycles. The molecule has 7 rings (SSSR count). The van der Waals surface area contributed by atoms with Crippen LogP contribution in [0.5, 0.6) is 0 Å². The van der Waals surface area contributed by atoms with Crippen molar-refractivity contribution < 1.29 is 14.4 Å². The molecule has 2 heterocycles. The lowest BCUT2D eigenvalue weighted by Crippen LogP contribution is -2.35. The molecule has 2 aliphatic heterocycles. The highest BCUT2D eigenvalue weighted by atomic mass is 16.2. The maximum absolute atomic E-state index is 12.9. The molecule has 2 aliphatic rings. The zero-order chi connectivity index (χ0) is 41.4. The normalized spacial score (nSPS) is 18.7. The summed E-state index contributed by atoms with van der Waals surface area (Å²) in [6, 6.07) is 51.3. The highest BCUT2D eigenvalue weighted by Crippen LogP contribution is 2.39. The number of carbonyl (C=O) groups is 3. The average Bonchev–Trinajstić information content (AvgIpc) is 3.68. The van der Waals surface area contributed by atoms with Gasteiger partial charge in [-0.1, -0.05) is 152 Å². The molecule has 2 saturated heterocycles. The molecule has 0 aromatic heterocycles. The molecule has 0 radical (unpaired) electrons. The van der Waals surface area contributed by atoms with Gasteiger partial charge >= 0.3 is 0 Å². The van der Waals surface area contributed by atoms with Gasteiger partial charge in [0.1, 0.15) is 6.29 Å². The van der Waals surface area contributed by atoms with Gasteiger partial charge in [0.25, 0.3) is 0 Å². The van der Waals surface area contributed by atoms with Crippen LogP contribution >= 0.6 is 0 Å². The Morgan fingerprint density at radius 2 is 0.948 bits per heavy atom. The molecule has 7 nitrogen and oxygen atoms in total. The number of nitrogens with two attached hydrogens (primary N) is 1. The summed E-state index contributed by atoms with van der Waals surface area (Å²) in [5.74, 6) is 0.877. The number of benzene rings is 5. The molecular weight excluding hydrogens is 717 g/mol. The molecule has 4 N–H and O–H groups in total. The van der Waals surface area contributed by atoms with Crippen molar-refractivity contribution in [2.24, 2.45) is 17.6 Å². The Hall–Kier alpha value is -5.37. The first kappa shape index (κ1) is 43.7. The summed E-state index contributed by atoms with van der Waals surface area (Å²) in [5, 5.41) is 6.28. The van der Waals surface area contributed by atoms with Gasteiger partial charge in [0.2, 0.25) is 11.8 Å². The minimum absolute atomic E-state index is 0.0164. The van der Waals surface area contributed by atoms with E-state index >= 15 is 0 Å². The fourth-order valence-electron chi connectivity index (χ4n) is 8.42. The van der Waals surface area contributed by atoms with E-state index in [1.165, 1.54) is 22.3 Å². The van der Waals surface area contributed by atoms with E-state index in [9.17, 15) is 14.4 Å². The summed E-state index contributed by atoms with van der Waals surface area (Å²) >= 11 is 0. The van der Waals surface area contributed by atoms with Crippen LogP contribution in [0.2, 0.25) is 0 Å². The Bertz CT molecular complexity index is 1930. The van der Waals surface area contributed by atoms with Gasteiger partial charge < -0.3 is 16.4 Å². The van der Waals surface area contributed by atoms with Crippen LogP contribution in [-0.4, -0.2) is 47.2 Å². The summed E-state index contributed by atoms with van der Waals surface area (Å²) in [6.07, 6.45) is 4.41. The summed E-state index contributed by atoms with van der Waals surface area (Å²) in [5.41, 5.74) is 11.3. The van der Waals surface area contributed by atoms with Crippen LogP contribution in [0.4, 0.5) is 0 Å². The number of carbonyl (C=O) groups excluding carboxylic acids is 3. The third kappa shape index (κ3) is 13.4. The highest BCUT2D eigenvalue weighted by molar-refractivity contribution is 5.83. The van der Waals surface area contributed by atoms with Gasteiger partial charge in [0.05, 0.1) is 0 Å². The Morgan fingerprint density at radius 3 is 1.28 bits per heavy atom. The zero-order valence-electron chi connectivity index (χ0n) is 34.7. The predicted molar refractivity (Wildman–Crippen MR) is 236 cm³/mol. The van der Waals surface area contributed by atoms with Crippen LogP contribution in [0.15, 0.2) is 152 Å². The minimum atomic E-state index is -0.136. The molecular formula is C51H62N4O3. The first-order valence-electron chi connectivity index (χ1n) is 20.7. The predicted octanol–water partition coefficient (Wildman–Crippen LogP) is 9.31. The van der Waals surface area contributed by atoms with E-state index in [0.29, 0.717) is 6.54 Å². The maximum atomic E-state index is 12.9. The molecule has 4 unspecified atom stereocenters. The SMILES string of the molecule is CC1(C)CC(C(CCN(Cc2ccccc2)Cc2ccccc2)c2ccccc2)C(=O)N1.CC1(C)CC(C(CCN)c2ccccc2)C(=O)N1.O=Cc1ccccc1. The monoisotopic (exact) mass is 778 g/mol. The van der Waals surface area contributed by atoms with Crippen molar-refractivity contribution in [2.45, 2.75) is 89.4 Å². The standard InChI is InChI=1S/C29H34N2O.C15H22N2O.C7H6O/c1-29(2)20-27(28(32)30-29)26(25-16-10-5-11-17-25)18-19-31(21-23-12-6-3-7-13-23)22-24-14-8-4-9-15-24;1-15(2)10-13(14(18)17-15)12(8-9-16)11-6-4-3-5-7-11;8-6-7-4-2-1-3-5-7/h3-17,26-27H,18-22H2,1-2H3,(H,30,32);3-7,12-13H,8-10,16H2,1-2H3,(H,17,18);1-6H. The van der Waals surface area contributed by atoms with Crippen LogP contribution in [-0.2, 0) is 22.7 Å². The van der Waals surface area contributed by atoms with Crippen LogP contribution in [0.25, 0.3) is 0 Å². The van der Waals surface area contributed by atoms with Crippen molar-refractivity contribution >= 4 is 18.1 Å². The van der Waals surface area contributed by atoms with Crippen molar-refractivity contribution in [3.8, 4) is 0 Å². The second kappa shape index (κ2) is 21.4. The lowest BCUT2D eigenvalue weighted by molar-refractivity contribution is -0.124. The Morgan fingerprint density at radius 1 is 0.586 bits per heavy atom. The lowest BCUT2D eigenvalue weighted by atomic mass is 9.80. The number of nitrogens with zero attached hydrogens (tertiary/aromatic N) is 1. The van der Waals surface area contributed by atoms with Crippen molar-refractivity contribution in [3.63, 3.8) is 0 Å². The summed E-state index contributed by atoms with van der Waals surface area (Å²) in [4.78, 5) is 37.6. The molecule has 2 amide bonds. The van der Waals surface area contributed by atoms with Gasteiger partial charge in [-0.15, -0.1) is 0 Å². The Labute approximate surface area is 346 Å². The largest absolute Gasteiger partial charge is 0.351 e. The van der Waals surface area contributed by atoms with Crippen LogP contribution < -0.4 is 16.4 Å². The smallest absolute Gasteiger partial charge is 0.224 e. The second-order valence-corrected chi connectivity index (χ2v) is 17.0. The molecule has 0 spiro atoms. The van der Waals surface area contributed by atoms with E-state index in [0.717, 1.165) is 57.2 Å². The number of aldehydes is 1. The highest BCUT2D eigenvalue weighted by Gasteiger charge is 2.43. The van der Waals surface area contributed by atoms with Crippen molar-refractivity contribution in [1.82, 2.24) is 15.5 Å². The molecule has 0 aliphatic carbocycles. The van der Waals surface area contributed by atoms with Crippen molar-refractivity contribution in [3.05, 3.63) is 179 Å². The van der Waals surface area contributed by atoms with E-state index in [4.69, 9.17) is 5.73 Å². The van der Waals surface area contributed by atoms with E-state index in [2.05, 4.69) is 146 Å². The van der Waals surface area contributed by atoms with E-state index in [1.807, 2.05) is 36.4 Å². The number of rotatable bonds is 14. The molecule has 5 aromatic carbocycles. The minimum Gasteiger partial charge on any atom is -0.351 e. The summed E-state index contributed by atoms with van der Waals surface area (Å²) in [7, 11) is 0. The van der Waals surface area contributed by atoms with Crippen molar-refractivity contribution in [2.75, 3.05) is 13.1 Å². The number of hydrogen-bond donors (Lipinski definition) is 3. The first-order chi connectivity index (χ1) is 28.0. The maximum Gasteiger partial charge on any atom is 0.224 e. The van der Waals surface area contributed by atoms with Crippen molar-refractivity contribution in [1.29, 1.82) is 0 Å². The first-order valence-corrected chi connectivity index (χ1v) is 20.7. The van der Waals surface area contributed by atoms with Gasteiger partial charge in [0.15, 0.2) is 0 Å². The van der Waals surface area contributed by atoms with Crippen LogP contribution in [0.1, 0.15) is 97.8 Å². The fourth-order valence-corrected chi connectivity index (χ4v) is 8.42. The van der Waals surface area contributed by atoms with Gasteiger partial charge in [0, 0.05) is 41.6 Å².